The molecule has 3 N–H and O–H groups in total. The fraction of sp³-hybridized carbons (Fsp3) is 0.636. The van der Waals surface area contributed by atoms with Crippen LogP contribution in [0.15, 0.2) is 29.3 Å². The number of rotatable bonds is 6. The van der Waals surface area contributed by atoms with Gasteiger partial charge in [0.25, 0.3) is 0 Å². The highest BCUT2D eigenvalue weighted by molar-refractivity contribution is 14.0. The van der Waals surface area contributed by atoms with E-state index in [2.05, 4.69) is 46.4 Å². The van der Waals surface area contributed by atoms with Crippen LogP contribution in [0.25, 0.3) is 0 Å². The first-order valence-corrected chi connectivity index (χ1v) is 10.9. The summed E-state index contributed by atoms with van der Waals surface area (Å²) in [6.45, 7) is 8.61. The molecule has 1 aromatic rings. The monoisotopic (exact) mass is 529 g/mol. The van der Waals surface area contributed by atoms with Crippen molar-refractivity contribution in [1.29, 1.82) is 0 Å². The highest BCUT2D eigenvalue weighted by Crippen LogP contribution is 2.21. The van der Waals surface area contributed by atoms with Crippen molar-refractivity contribution in [3.05, 3.63) is 35.4 Å². The quantitative estimate of drug-likeness (QED) is 0.337. The molecule has 3 rings (SSSR count). The average Bonchev–Trinajstić information content (AvgIpc) is 2.74. The number of amides is 1. The van der Waals surface area contributed by atoms with Crippen molar-refractivity contribution in [1.82, 2.24) is 15.1 Å². The molecule has 0 radical (unpaired) electrons. The summed E-state index contributed by atoms with van der Waals surface area (Å²) in [5.74, 6) is 0.510. The third-order valence-electron chi connectivity index (χ3n) is 5.99. The van der Waals surface area contributed by atoms with Crippen molar-refractivity contribution in [2.75, 3.05) is 32.8 Å². The van der Waals surface area contributed by atoms with Gasteiger partial charge in [-0.1, -0.05) is 31.2 Å². The molecule has 1 unspecified atom stereocenters. The number of hydrogen-bond acceptors (Lipinski definition) is 4. The van der Waals surface area contributed by atoms with E-state index in [1.807, 2.05) is 6.92 Å². The van der Waals surface area contributed by atoms with Gasteiger partial charge in [-0.3, -0.25) is 9.89 Å². The third-order valence-corrected chi connectivity index (χ3v) is 5.99. The normalized spacial score (nSPS) is 18.9. The summed E-state index contributed by atoms with van der Waals surface area (Å²) in [5, 5.41) is 3.34. The number of ether oxygens (including phenoxy) is 1. The predicted molar refractivity (Wildman–Crippen MR) is 131 cm³/mol. The van der Waals surface area contributed by atoms with Crippen molar-refractivity contribution >= 4 is 36.0 Å². The fourth-order valence-corrected chi connectivity index (χ4v) is 4.21. The van der Waals surface area contributed by atoms with Crippen molar-refractivity contribution < 1.29 is 9.53 Å². The molecule has 168 valence electrons. The first-order valence-electron chi connectivity index (χ1n) is 10.9. The predicted octanol–water partition coefficient (Wildman–Crippen LogP) is 2.97. The topological polar surface area (TPSA) is 83.2 Å². The summed E-state index contributed by atoms with van der Waals surface area (Å²) < 4.78 is 5.07. The molecule has 1 amide bonds. The average molecular weight is 529 g/mol. The fourth-order valence-electron chi connectivity index (χ4n) is 4.21. The SMILES string of the molecule is CCOC(=O)N1CCC(NC(N)=NCC(CC)N2CCc3ccccc3C2)CC1.I. The summed E-state index contributed by atoms with van der Waals surface area (Å²) in [6, 6.07) is 9.37. The molecule has 1 atom stereocenters. The number of nitrogens with two attached hydrogens (primary N) is 1. The Labute approximate surface area is 197 Å². The largest absolute Gasteiger partial charge is 0.450 e. The van der Waals surface area contributed by atoms with Crippen LogP contribution in [0.1, 0.15) is 44.2 Å². The number of benzene rings is 1. The Bertz CT molecular complexity index is 707. The van der Waals surface area contributed by atoms with Gasteiger partial charge in [0.1, 0.15) is 0 Å². The Morgan fingerprint density at radius 1 is 1.23 bits per heavy atom. The van der Waals surface area contributed by atoms with Crippen LogP contribution < -0.4 is 11.1 Å². The van der Waals surface area contributed by atoms with Gasteiger partial charge < -0.3 is 20.7 Å². The minimum absolute atomic E-state index is 0. The number of carbonyl (C=O) groups is 1. The van der Waals surface area contributed by atoms with Crippen LogP contribution in [0.5, 0.6) is 0 Å². The van der Waals surface area contributed by atoms with Gasteiger partial charge >= 0.3 is 6.09 Å². The standard InChI is InChI=1S/C22H35N5O2.HI/c1-3-20(27-12-9-17-7-5-6-8-18(17)16-27)15-24-21(23)25-19-10-13-26(14-11-19)22(28)29-4-2;/h5-8,19-20H,3-4,9-16H2,1-2H3,(H3,23,24,25);1H. The number of guanidine groups is 1. The molecule has 1 saturated heterocycles. The van der Waals surface area contributed by atoms with Gasteiger partial charge in [-0.25, -0.2) is 4.79 Å². The van der Waals surface area contributed by atoms with Crippen molar-refractivity contribution in [3.8, 4) is 0 Å². The zero-order valence-electron chi connectivity index (χ0n) is 18.2. The van der Waals surface area contributed by atoms with Gasteiger partial charge in [0, 0.05) is 38.3 Å². The maximum absolute atomic E-state index is 11.8. The van der Waals surface area contributed by atoms with Crippen molar-refractivity contribution in [3.63, 3.8) is 0 Å². The van der Waals surface area contributed by atoms with E-state index in [9.17, 15) is 4.79 Å². The van der Waals surface area contributed by atoms with Crippen LogP contribution in [0.4, 0.5) is 4.79 Å². The highest BCUT2D eigenvalue weighted by atomic mass is 127. The van der Waals surface area contributed by atoms with Crippen LogP contribution in [-0.4, -0.2) is 66.7 Å². The van der Waals surface area contributed by atoms with Crippen LogP contribution in [-0.2, 0) is 17.7 Å². The summed E-state index contributed by atoms with van der Waals surface area (Å²) in [7, 11) is 0. The number of nitrogens with zero attached hydrogens (tertiary/aromatic N) is 3. The number of fused-ring (bicyclic) bond motifs is 1. The van der Waals surface area contributed by atoms with Gasteiger partial charge in [-0.15, -0.1) is 24.0 Å². The number of likely N-dealkylation sites (tertiary alicyclic amines) is 1. The van der Waals surface area contributed by atoms with E-state index in [1.165, 1.54) is 11.1 Å². The van der Waals surface area contributed by atoms with E-state index < -0.39 is 0 Å². The minimum atomic E-state index is -0.221. The summed E-state index contributed by atoms with van der Waals surface area (Å²) in [6.07, 6.45) is 3.64. The molecule has 30 heavy (non-hydrogen) atoms. The number of carbonyl (C=O) groups excluding carboxylic acids is 1. The molecule has 8 heteroatoms. The van der Waals surface area contributed by atoms with Crippen molar-refractivity contribution in [2.45, 2.75) is 58.2 Å². The van der Waals surface area contributed by atoms with E-state index in [4.69, 9.17) is 10.5 Å². The lowest BCUT2D eigenvalue weighted by Crippen LogP contribution is -2.49. The second kappa shape index (κ2) is 12.3. The van der Waals surface area contributed by atoms with E-state index in [0.29, 0.717) is 38.2 Å². The molecule has 2 heterocycles. The van der Waals surface area contributed by atoms with Crippen LogP contribution in [0.2, 0.25) is 0 Å². The van der Waals surface area contributed by atoms with Crippen LogP contribution in [0, 0.1) is 0 Å². The molecular formula is C22H36IN5O2. The van der Waals surface area contributed by atoms with E-state index in [1.54, 1.807) is 4.90 Å². The molecule has 1 fully saturated rings. The van der Waals surface area contributed by atoms with Crippen LogP contribution in [0.3, 0.4) is 0 Å². The Kier molecular flexibility index (Phi) is 10.2. The molecule has 0 spiro atoms. The lowest BCUT2D eigenvalue weighted by molar-refractivity contribution is 0.0963. The van der Waals surface area contributed by atoms with E-state index >= 15 is 0 Å². The Morgan fingerprint density at radius 3 is 2.60 bits per heavy atom. The molecule has 0 saturated carbocycles. The second-order valence-corrected chi connectivity index (χ2v) is 7.88. The Hall–Kier alpha value is -1.55. The number of aliphatic imine (C=N–C) groups is 1. The first-order chi connectivity index (χ1) is 14.1. The number of halogens is 1. The molecule has 7 nitrogen and oxygen atoms in total. The third kappa shape index (κ3) is 6.73. The Morgan fingerprint density at radius 2 is 1.93 bits per heavy atom. The molecule has 2 aliphatic heterocycles. The zero-order chi connectivity index (χ0) is 20.6. The van der Waals surface area contributed by atoms with Gasteiger partial charge in [0.15, 0.2) is 5.96 Å². The first kappa shape index (κ1) is 24.7. The summed E-state index contributed by atoms with van der Waals surface area (Å²) in [4.78, 5) is 20.7. The van der Waals surface area contributed by atoms with Crippen molar-refractivity contribution in [2.24, 2.45) is 10.7 Å². The zero-order valence-corrected chi connectivity index (χ0v) is 20.5. The molecular weight excluding hydrogens is 493 g/mol. The van der Waals surface area contributed by atoms with Gasteiger partial charge in [0.2, 0.25) is 0 Å². The number of hydrogen-bond donors (Lipinski definition) is 2. The van der Waals surface area contributed by atoms with E-state index in [-0.39, 0.29) is 36.1 Å². The maximum Gasteiger partial charge on any atom is 0.409 e. The van der Waals surface area contributed by atoms with Gasteiger partial charge in [-0.05, 0) is 43.7 Å². The van der Waals surface area contributed by atoms with Gasteiger partial charge in [0.05, 0.1) is 13.2 Å². The molecule has 0 bridgehead atoms. The molecule has 2 aliphatic rings. The second-order valence-electron chi connectivity index (χ2n) is 7.88. The van der Waals surface area contributed by atoms with Gasteiger partial charge in [-0.2, -0.15) is 0 Å². The number of piperidine rings is 1. The highest BCUT2D eigenvalue weighted by Gasteiger charge is 2.24. The summed E-state index contributed by atoms with van der Waals surface area (Å²) >= 11 is 0. The molecule has 1 aromatic carbocycles. The Balaban J connectivity index is 0.00000320. The number of nitrogens with one attached hydrogen (secondary N) is 1. The maximum atomic E-state index is 11.8. The lowest BCUT2D eigenvalue weighted by atomic mass is 9.98. The minimum Gasteiger partial charge on any atom is -0.450 e. The van der Waals surface area contributed by atoms with Crippen LogP contribution >= 0.6 is 24.0 Å². The lowest BCUT2D eigenvalue weighted by Gasteiger charge is -2.34. The smallest absolute Gasteiger partial charge is 0.409 e. The summed E-state index contributed by atoms with van der Waals surface area (Å²) in [5.41, 5.74) is 9.07. The van der Waals surface area contributed by atoms with E-state index in [0.717, 1.165) is 38.8 Å². The molecule has 0 aromatic heterocycles. The molecule has 0 aliphatic carbocycles.